The van der Waals surface area contributed by atoms with Crippen molar-refractivity contribution in [2.45, 2.75) is 25.5 Å². The Morgan fingerprint density at radius 2 is 0.927 bits per heavy atom. The molecular formula is C28H11F9N4. The Bertz CT molecular complexity index is 1790. The lowest BCUT2D eigenvalue weighted by atomic mass is 9.91. The van der Waals surface area contributed by atoms with Crippen molar-refractivity contribution in [1.29, 1.82) is 10.5 Å². The Morgan fingerprint density at radius 1 is 0.585 bits per heavy atom. The van der Waals surface area contributed by atoms with E-state index in [4.69, 9.17) is 13.1 Å². The average Bonchev–Trinajstić information content (AvgIpc) is 2.88. The van der Waals surface area contributed by atoms with Gasteiger partial charge in [0.15, 0.2) is 0 Å². The Labute approximate surface area is 225 Å². The van der Waals surface area contributed by atoms with Crippen LogP contribution in [0.3, 0.4) is 0 Å². The third-order valence-electron chi connectivity index (χ3n) is 5.72. The molecule has 0 aliphatic carbocycles. The van der Waals surface area contributed by atoms with E-state index in [0.29, 0.717) is 18.2 Å². The Balaban J connectivity index is 2.67. The summed E-state index contributed by atoms with van der Waals surface area (Å²) in [6.45, 7) is 16.0. The molecule has 3 aromatic carbocycles. The average molecular weight is 574 g/mol. The molecule has 13 heteroatoms. The van der Waals surface area contributed by atoms with Gasteiger partial charge in [-0.05, 0) is 75.5 Å². The van der Waals surface area contributed by atoms with Gasteiger partial charge in [0.2, 0.25) is 0 Å². The van der Waals surface area contributed by atoms with E-state index in [1.54, 1.807) is 0 Å². The number of halogens is 9. The Hall–Kier alpha value is -5.27. The van der Waals surface area contributed by atoms with Crippen LogP contribution in [-0.4, -0.2) is 0 Å². The van der Waals surface area contributed by atoms with Crippen molar-refractivity contribution in [2.24, 2.45) is 0 Å². The first-order valence-electron chi connectivity index (χ1n) is 10.9. The molecule has 0 aromatic heterocycles. The van der Waals surface area contributed by atoms with Gasteiger partial charge >= 0.3 is 18.5 Å². The molecule has 4 nitrogen and oxygen atoms in total. The van der Waals surface area contributed by atoms with E-state index in [9.17, 15) is 50.0 Å². The molecular weight excluding hydrogens is 563 g/mol. The lowest BCUT2D eigenvalue weighted by Gasteiger charge is -2.16. The molecule has 0 bridgehead atoms. The van der Waals surface area contributed by atoms with Gasteiger partial charge in [0.1, 0.15) is 0 Å². The van der Waals surface area contributed by atoms with Gasteiger partial charge < -0.3 is 0 Å². The first-order chi connectivity index (χ1) is 18.9. The van der Waals surface area contributed by atoms with E-state index in [2.05, 4.69) is 9.69 Å². The van der Waals surface area contributed by atoms with Crippen molar-refractivity contribution in [3.8, 4) is 34.4 Å². The number of nitrogens with zero attached hydrogens (tertiary/aromatic N) is 4. The second-order valence-corrected chi connectivity index (χ2v) is 8.47. The molecule has 0 saturated carbocycles. The van der Waals surface area contributed by atoms with Gasteiger partial charge in [-0.1, -0.05) is 18.2 Å². The van der Waals surface area contributed by atoms with Gasteiger partial charge in [-0.25, -0.2) is 20.2 Å². The molecule has 0 heterocycles. The third kappa shape index (κ3) is 6.32. The molecule has 206 valence electrons. The summed E-state index contributed by atoms with van der Waals surface area (Å²) in [6, 6.07) is 7.90. The fraction of sp³-hybridized carbons (Fsp3) is 0.143. The molecule has 0 N–H and O–H groups in total. The molecule has 0 amide bonds. The number of alkyl halides is 9. The smallest absolute Gasteiger partial charge is 0.226 e. The quantitative estimate of drug-likeness (QED) is 0.235. The number of hydrogen-bond donors (Lipinski definition) is 0. The van der Waals surface area contributed by atoms with E-state index in [1.165, 1.54) is 25.1 Å². The standard InChI is InChI=1S/C28H11F9N4/c1-14-4-15(6-17(5-14)26(29,30)31)20-10-23(25(13-39)41-3)21(11-22(20)24(12-38)40-2)16-7-18(27(32,33)34)9-19(8-16)28(35,36)37/h4-11H,1H3/b24-22-,25-23+. The van der Waals surface area contributed by atoms with Crippen molar-refractivity contribution in [2.75, 3.05) is 0 Å². The van der Waals surface area contributed by atoms with E-state index in [-0.39, 0.29) is 22.8 Å². The lowest BCUT2D eigenvalue weighted by molar-refractivity contribution is -0.143. The molecule has 3 rings (SSSR count). The monoisotopic (exact) mass is 574 g/mol. The molecule has 3 aromatic rings. The molecule has 0 aliphatic heterocycles. The highest BCUT2D eigenvalue weighted by Gasteiger charge is 2.37. The molecule has 0 saturated heterocycles. The molecule has 0 atom stereocenters. The number of nitriles is 2. The highest BCUT2D eigenvalue weighted by atomic mass is 19.4. The summed E-state index contributed by atoms with van der Waals surface area (Å²) in [5.74, 6) is 0. The van der Waals surface area contributed by atoms with Crippen LogP contribution < -0.4 is 10.4 Å². The maximum atomic E-state index is 13.6. The third-order valence-corrected chi connectivity index (χ3v) is 5.72. The van der Waals surface area contributed by atoms with Crippen molar-refractivity contribution in [3.63, 3.8) is 0 Å². The maximum absolute atomic E-state index is 13.6. The minimum Gasteiger partial charge on any atom is -0.226 e. The zero-order valence-electron chi connectivity index (χ0n) is 20.3. The van der Waals surface area contributed by atoms with E-state index >= 15 is 0 Å². The number of benzene rings is 3. The van der Waals surface area contributed by atoms with Gasteiger partial charge in [-0.15, -0.1) is 0 Å². The van der Waals surface area contributed by atoms with E-state index in [0.717, 1.165) is 18.2 Å². The summed E-state index contributed by atoms with van der Waals surface area (Å²) in [7, 11) is 0. The topological polar surface area (TPSA) is 56.3 Å². The number of rotatable bonds is 2. The second-order valence-electron chi connectivity index (χ2n) is 8.47. The minimum absolute atomic E-state index is 0.0788. The van der Waals surface area contributed by atoms with Gasteiger partial charge in [0, 0.05) is 0 Å². The van der Waals surface area contributed by atoms with Crippen LogP contribution in [0.15, 0.2) is 48.5 Å². The Kier molecular flexibility index (Phi) is 7.91. The van der Waals surface area contributed by atoms with Crippen LogP contribution in [0.4, 0.5) is 39.5 Å². The summed E-state index contributed by atoms with van der Waals surface area (Å²) in [5, 5.41) is 18.1. The highest BCUT2D eigenvalue weighted by Crippen LogP contribution is 2.38. The predicted octanol–water partition coefficient (Wildman–Crippen LogP) is 7.49. The van der Waals surface area contributed by atoms with E-state index < -0.39 is 68.2 Å². The maximum Gasteiger partial charge on any atom is 0.416 e. The summed E-state index contributed by atoms with van der Waals surface area (Å²) in [5.41, 5.74) is -7.92. The number of aryl methyl sites for hydroxylation is 1. The molecule has 0 spiro atoms. The van der Waals surface area contributed by atoms with Crippen LogP contribution in [0.1, 0.15) is 22.3 Å². The van der Waals surface area contributed by atoms with Gasteiger partial charge in [0.05, 0.1) is 42.0 Å². The summed E-state index contributed by atoms with van der Waals surface area (Å²) in [6.07, 6.45) is -15.3. The molecule has 0 aliphatic rings. The van der Waals surface area contributed by atoms with Crippen molar-refractivity contribution < 1.29 is 39.5 Å². The number of hydrogen-bond acceptors (Lipinski definition) is 2. The molecule has 0 radical (unpaired) electrons. The van der Waals surface area contributed by atoms with Crippen molar-refractivity contribution >= 4 is 11.4 Å². The van der Waals surface area contributed by atoms with Crippen LogP contribution in [0, 0.1) is 42.7 Å². The molecule has 41 heavy (non-hydrogen) atoms. The first-order valence-corrected chi connectivity index (χ1v) is 10.9. The van der Waals surface area contributed by atoms with Crippen molar-refractivity contribution in [3.05, 3.63) is 104 Å². The lowest BCUT2D eigenvalue weighted by Crippen LogP contribution is -2.20. The van der Waals surface area contributed by atoms with E-state index in [1.807, 2.05) is 0 Å². The zero-order chi connectivity index (χ0) is 30.9. The first kappa shape index (κ1) is 30.3. The zero-order valence-corrected chi connectivity index (χ0v) is 20.3. The van der Waals surface area contributed by atoms with Crippen LogP contribution in [0.25, 0.3) is 43.3 Å². The van der Waals surface area contributed by atoms with Gasteiger partial charge in [0.25, 0.3) is 11.4 Å². The molecule has 0 unspecified atom stereocenters. The van der Waals surface area contributed by atoms with Gasteiger partial charge in [-0.2, -0.15) is 39.5 Å². The summed E-state index contributed by atoms with van der Waals surface area (Å²) in [4.78, 5) is 5.99. The van der Waals surface area contributed by atoms with Crippen molar-refractivity contribution in [1.82, 2.24) is 0 Å². The summed E-state index contributed by atoms with van der Waals surface area (Å²) >= 11 is 0. The Morgan fingerprint density at radius 3 is 1.24 bits per heavy atom. The highest BCUT2D eigenvalue weighted by molar-refractivity contribution is 5.82. The second kappa shape index (κ2) is 10.7. The normalized spacial score (nSPS) is 13.3. The molecule has 0 fully saturated rings. The SMILES string of the molecule is [C-]#[N+]/C(C#N)=c1/cc(-c2cc(C(F)(F)F)cc(C(F)(F)F)c2)/c(=C(\C#N)[N+]#[C-])cc1-c1cc(C)cc(C(F)(F)F)c1. The summed E-state index contributed by atoms with van der Waals surface area (Å²) < 4.78 is 122. The largest absolute Gasteiger partial charge is 0.416 e. The minimum atomic E-state index is -5.25. The predicted molar refractivity (Wildman–Crippen MR) is 128 cm³/mol. The van der Waals surface area contributed by atoms with Crippen LogP contribution >= 0.6 is 0 Å². The fourth-order valence-electron chi connectivity index (χ4n) is 3.97. The van der Waals surface area contributed by atoms with Crippen LogP contribution in [0.5, 0.6) is 0 Å². The van der Waals surface area contributed by atoms with Crippen LogP contribution in [0.2, 0.25) is 0 Å². The fourth-order valence-corrected chi connectivity index (χ4v) is 3.97. The van der Waals surface area contributed by atoms with Crippen LogP contribution in [-0.2, 0) is 18.5 Å². The van der Waals surface area contributed by atoms with Gasteiger partial charge in [-0.3, -0.25) is 0 Å².